The SMILES string of the molecule is COC[C@@H](C)n1c(C)cc(C(=O)CN2CCN(c3ccc(F)cc3)CC2)c1C. The Labute approximate surface area is 166 Å². The molecule has 1 saturated heterocycles. The summed E-state index contributed by atoms with van der Waals surface area (Å²) in [7, 11) is 1.70. The second kappa shape index (κ2) is 8.88. The Bertz CT molecular complexity index is 808. The van der Waals surface area contributed by atoms with Crippen LogP contribution in [0.3, 0.4) is 0 Å². The lowest BCUT2D eigenvalue weighted by atomic mass is 10.1. The molecule has 0 aliphatic carbocycles. The number of methoxy groups -OCH3 is 1. The average molecular weight is 387 g/mol. The van der Waals surface area contributed by atoms with Gasteiger partial charge in [-0.25, -0.2) is 4.39 Å². The molecule has 0 spiro atoms. The molecule has 2 aromatic rings. The molecule has 0 bridgehead atoms. The van der Waals surface area contributed by atoms with Crippen molar-refractivity contribution in [2.75, 3.05) is 51.3 Å². The van der Waals surface area contributed by atoms with Crippen LogP contribution in [-0.2, 0) is 4.74 Å². The smallest absolute Gasteiger partial charge is 0.178 e. The molecule has 2 heterocycles. The van der Waals surface area contributed by atoms with Gasteiger partial charge in [-0.1, -0.05) is 0 Å². The van der Waals surface area contributed by atoms with Gasteiger partial charge in [-0.3, -0.25) is 9.69 Å². The molecule has 0 radical (unpaired) electrons. The Morgan fingerprint density at radius 1 is 1.14 bits per heavy atom. The Hall–Kier alpha value is -2.18. The van der Waals surface area contributed by atoms with Crippen LogP contribution in [0.4, 0.5) is 10.1 Å². The minimum absolute atomic E-state index is 0.166. The number of rotatable bonds is 7. The van der Waals surface area contributed by atoms with E-state index in [9.17, 15) is 9.18 Å². The summed E-state index contributed by atoms with van der Waals surface area (Å²) in [6, 6.07) is 8.81. The Morgan fingerprint density at radius 2 is 1.79 bits per heavy atom. The number of nitrogens with zero attached hydrogens (tertiary/aromatic N) is 3. The van der Waals surface area contributed by atoms with Crippen molar-refractivity contribution >= 4 is 11.5 Å². The highest BCUT2D eigenvalue weighted by atomic mass is 19.1. The first-order chi connectivity index (χ1) is 13.4. The van der Waals surface area contributed by atoms with Crippen LogP contribution < -0.4 is 4.90 Å². The number of halogens is 1. The minimum atomic E-state index is -0.217. The first kappa shape index (κ1) is 20.6. The van der Waals surface area contributed by atoms with Crippen LogP contribution in [0.15, 0.2) is 30.3 Å². The summed E-state index contributed by atoms with van der Waals surface area (Å²) in [4.78, 5) is 17.4. The summed E-state index contributed by atoms with van der Waals surface area (Å²) in [5.74, 6) is -0.0513. The van der Waals surface area contributed by atoms with Gasteiger partial charge in [0.2, 0.25) is 0 Å². The van der Waals surface area contributed by atoms with Gasteiger partial charge in [0.05, 0.1) is 19.2 Å². The van der Waals surface area contributed by atoms with Crippen LogP contribution >= 0.6 is 0 Å². The number of hydrogen-bond donors (Lipinski definition) is 0. The van der Waals surface area contributed by atoms with E-state index in [0.717, 1.165) is 48.8 Å². The molecule has 0 amide bonds. The van der Waals surface area contributed by atoms with Gasteiger partial charge in [0, 0.05) is 55.9 Å². The number of carbonyl (C=O) groups is 1. The Morgan fingerprint density at radius 3 is 2.39 bits per heavy atom. The van der Waals surface area contributed by atoms with Crippen molar-refractivity contribution in [1.29, 1.82) is 0 Å². The number of ether oxygens (including phenoxy) is 1. The highest BCUT2D eigenvalue weighted by Crippen LogP contribution is 2.22. The van der Waals surface area contributed by atoms with Gasteiger partial charge in [0.1, 0.15) is 5.82 Å². The third kappa shape index (κ3) is 4.45. The van der Waals surface area contributed by atoms with Gasteiger partial charge < -0.3 is 14.2 Å². The molecule has 3 rings (SSSR count). The third-order valence-electron chi connectivity index (χ3n) is 5.56. The lowest BCUT2D eigenvalue weighted by Crippen LogP contribution is -2.48. The fraction of sp³-hybridized carbons (Fsp3) is 0.500. The molecule has 1 atom stereocenters. The molecule has 0 unspecified atom stereocenters. The molecule has 0 N–H and O–H groups in total. The topological polar surface area (TPSA) is 37.7 Å². The molecule has 1 aliphatic heterocycles. The third-order valence-corrected chi connectivity index (χ3v) is 5.56. The Balaban J connectivity index is 1.60. The van der Waals surface area contributed by atoms with Crippen molar-refractivity contribution in [2.45, 2.75) is 26.8 Å². The normalized spacial score (nSPS) is 16.4. The summed E-state index contributed by atoms with van der Waals surface area (Å²) in [6.45, 7) is 10.5. The fourth-order valence-electron chi connectivity index (χ4n) is 4.16. The van der Waals surface area contributed by atoms with Crippen molar-refractivity contribution < 1.29 is 13.9 Å². The molecule has 28 heavy (non-hydrogen) atoms. The van der Waals surface area contributed by atoms with Crippen molar-refractivity contribution in [3.63, 3.8) is 0 Å². The maximum atomic E-state index is 13.1. The monoisotopic (exact) mass is 387 g/mol. The molecule has 152 valence electrons. The van der Waals surface area contributed by atoms with Gasteiger partial charge in [0.15, 0.2) is 5.78 Å². The summed E-state index contributed by atoms with van der Waals surface area (Å²) in [5.41, 5.74) is 3.94. The second-order valence-electron chi connectivity index (χ2n) is 7.62. The lowest BCUT2D eigenvalue weighted by Gasteiger charge is -2.35. The standard InChI is InChI=1S/C22H30FN3O2/c1-16-13-21(18(3)26(16)17(2)15-28-4)22(27)14-24-9-11-25(12-10-24)20-7-5-19(23)6-8-20/h5-8,13,17H,9-12,14-15H2,1-4H3/t17-/m1/s1. The van der Waals surface area contributed by atoms with Gasteiger partial charge in [-0.05, 0) is 51.1 Å². The van der Waals surface area contributed by atoms with E-state index >= 15 is 0 Å². The maximum Gasteiger partial charge on any atom is 0.178 e. The van der Waals surface area contributed by atoms with Crippen LogP contribution in [0, 0.1) is 19.7 Å². The number of anilines is 1. The van der Waals surface area contributed by atoms with Crippen molar-refractivity contribution in [2.24, 2.45) is 0 Å². The van der Waals surface area contributed by atoms with E-state index in [-0.39, 0.29) is 17.6 Å². The van der Waals surface area contributed by atoms with E-state index in [1.165, 1.54) is 12.1 Å². The summed E-state index contributed by atoms with van der Waals surface area (Å²) in [6.07, 6.45) is 0. The van der Waals surface area contributed by atoms with Gasteiger partial charge in [0.25, 0.3) is 0 Å². The molecule has 1 aliphatic rings. The summed E-state index contributed by atoms with van der Waals surface area (Å²) in [5, 5.41) is 0. The van der Waals surface area contributed by atoms with Crippen LogP contribution in [0.1, 0.15) is 34.7 Å². The molecule has 1 aromatic heterocycles. The quantitative estimate of drug-likeness (QED) is 0.682. The van der Waals surface area contributed by atoms with Gasteiger partial charge in [-0.2, -0.15) is 0 Å². The predicted octanol–water partition coefficient (Wildman–Crippen LogP) is 3.46. The van der Waals surface area contributed by atoms with Crippen LogP contribution in [-0.4, -0.2) is 61.7 Å². The maximum absolute atomic E-state index is 13.1. The number of hydrogen-bond acceptors (Lipinski definition) is 4. The largest absolute Gasteiger partial charge is 0.383 e. The number of carbonyl (C=O) groups excluding carboxylic acids is 1. The first-order valence-electron chi connectivity index (χ1n) is 9.84. The predicted molar refractivity (Wildman–Crippen MR) is 110 cm³/mol. The van der Waals surface area contributed by atoms with E-state index in [2.05, 4.69) is 21.3 Å². The highest BCUT2D eigenvalue weighted by Gasteiger charge is 2.23. The first-order valence-corrected chi connectivity index (χ1v) is 9.84. The molecule has 5 nitrogen and oxygen atoms in total. The number of ketones is 1. The second-order valence-corrected chi connectivity index (χ2v) is 7.62. The summed E-state index contributed by atoms with van der Waals surface area (Å²) < 4.78 is 20.6. The number of aromatic nitrogens is 1. The zero-order valence-electron chi connectivity index (χ0n) is 17.2. The van der Waals surface area contributed by atoms with Gasteiger partial charge >= 0.3 is 0 Å². The number of benzene rings is 1. The van der Waals surface area contributed by atoms with E-state index in [0.29, 0.717) is 13.2 Å². The zero-order valence-corrected chi connectivity index (χ0v) is 17.2. The fourth-order valence-corrected chi connectivity index (χ4v) is 4.16. The lowest BCUT2D eigenvalue weighted by molar-refractivity contribution is 0.0925. The van der Waals surface area contributed by atoms with E-state index < -0.39 is 0 Å². The molecule has 1 aromatic carbocycles. The van der Waals surface area contributed by atoms with E-state index in [4.69, 9.17) is 4.74 Å². The van der Waals surface area contributed by atoms with Crippen LogP contribution in [0.5, 0.6) is 0 Å². The molecular weight excluding hydrogens is 357 g/mol. The molecule has 1 fully saturated rings. The molecular formula is C22H30FN3O2. The highest BCUT2D eigenvalue weighted by molar-refractivity contribution is 5.99. The Kier molecular flexibility index (Phi) is 6.52. The van der Waals surface area contributed by atoms with Crippen molar-refractivity contribution in [3.8, 4) is 0 Å². The molecule has 0 saturated carbocycles. The summed E-state index contributed by atoms with van der Waals surface area (Å²) >= 11 is 0. The van der Waals surface area contributed by atoms with Crippen LogP contribution in [0.25, 0.3) is 0 Å². The minimum Gasteiger partial charge on any atom is -0.383 e. The number of piperazine rings is 1. The van der Waals surface area contributed by atoms with Crippen molar-refractivity contribution in [1.82, 2.24) is 9.47 Å². The molecule has 6 heteroatoms. The van der Waals surface area contributed by atoms with Gasteiger partial charge in [-0.15, -0.1) is 0 Å². The van der Waals surface area contributed by atoms with E-state index in [1.54, 1.807) is 7.11 Å². The average Bonchev–Trinajstić information content (AvgIpc) is 2.97. The zero-order chi connectivity index (χ0) is 20.3. The number of aryl methyl sites for hydroxylation is 1. The van der Waals surface area contributed by atoms with Crippen molar-refractivity contribution in [3.05, 3.63) is 53.1 Å². The van der Waals surface area contributed by atoms with E-state index in [1.807, 2.05) is 32.0 Å². The number of Topliss-reactive ketones (excluding diaryl/α,β-unsaturated/α-hetero) is 1. The van der Waals surface area contributed by atoms with Crippen LogP contribution in [0.2, 0.25) is 0 Å².